The summed E-state index contributed by atoms with van der Waals surface area (Å²) in [4.78, 5) is 32.0. The number of piperazine rings is 2. The number of hydrogen-bond donors (Lipinski definition) is 0. The van der Waals surface area contributed by atoms with Crippen LogP contribution in [0.25, 0.3) is 0 Å². The molecule has 2 aliphatic heterocycles. The monoisotopic (exact) mass is 344 g/mol. The molecule has 136 valence electrons. The third kappa shape index (κ3) is 4.87. The lowest BCUT2D eigenvalue weighted by Gasteiger charge is -2.34. The molecular formula is C19H28N4O2. The standard InChI is InChI=1S/C19H28N4O2/c1-20-6-8-22(9-7-20)16-17-2-4-18(5-3-17)19(25)23-12-10-21(11-13-23)14-15-24/h2-5,15H,6-14,16H2,1H3. The summed E-state index contributed by atoms with van der Waals surface area (Å²) in [6.45, 7) is 8.77. The van der Waals surface area contributed by atoms with Gasteiger partial charge in [0.05, 0.1) is 6.54 Å². The van der Waals surface area contributed by atoms with E-state index in [1.165, 1.54) is 5.56 Å². The fourth-order valence-corrected chi connectivity index (χ4v) is 3.44. The van der Waals surface area contributed by atoms with Crippen LogP contribution in [0.4, 0.5) is 0 Å². The van der Waals surface area contributed by atoms with E-state index in [0.29, 0.717) is 19.6 Å². The van der Waals surface area contributed by atoms with Crippen LogP contribution in [0.5, 0.6) is 0 Å². The summed E-state index contributed by atoms with van der Waals surface area (Å²) in [5.41, 5.74) is 2.02. The van der Waals surface area contributed by atoms with Crippen molar-refractivity contribution in [1.29, 1.82) is 0 Å². The van der Waals surface area contributed by atoms with Crippen molar-refractivity contribution in [3.05, 3.63) is 35.4 Å². The molecule has 0 N–H and O–H groups in total. The molecule has 0 aromatic heterocycles. The molecule has 0 radical (unpaired) electrons. The Labute approximate surface area is 150 Å². The molecule has 3 rings (SSSR count). The van der Waals surface area contributed by atoms with E-state index < -0.39 is 0 Å². The smallest absolute Gasteiger partial charge is 0.253 e. The van der Waals surface area contributed by atoms with E-state index in [4.69, 9.17) is 0 Å². The summed E-state index contributed by atoms with van der Waals surface area (Å²) in [7, 11) is 2.16. The van der Waals surface area contributed by atoms with Gasteiger partial charge < -0.3 is 14.6 Å². The van der Waals surface area contributed by atoms with E-state index in [-0.39, 0.29) is 5.91 Å². The Balaban J connectivity index is 1.51. The van der Waals surface area contributed by atoms with Crippen molar-refractivity contribution in [1.82, 2.24) is 19.6 Å². The molecule has 0 unspecified atom stereocenters. The lowest BCUT2D eigenvalue weighted by atomic mass is 10.1. The summed E-state index contributed by atoms with van der Waals surface area (Å²) >= 11 is 0. The third-order valence-corrected chi connectivity index (χ3v) is 5.20. The van der Waals surface area contributed by atoms with Crippen molar-refractivity contribution in [2.45, 2.75) is 6.54 Å². The van der Waals surface area contributed by atoms with Gasteiger partial charge in [0.25, 0.3) is 5.91 Å². The molecule has 0 spiro atoms. The van der Waals surface area contributed by atoms with Crippen molar-refractivity contribution in [3.8, 4) is 0 Å². The molecule has 2 aliphatic rings. The van der Waals surface area contributed by atoms with Gasteiger partial charge in [-0.1, -0.05) is 12.1 Å². The molecule has 1 amide bonds. The number of likely N-dealkylation sites (N-methyl/N-ethyl adjacent to an activating group) is 1. The van der Waals surface area contributed by atoms with Crippen LogP contribution in [-0.2, 0) is 11.3 Å². The van der Waals surface area contributed by atoms with Crippen LogP contribution in [0.1, 0.15) is 15.9 Å². The van der Waals surface area contributed by atoms with Crippen molar-refractivity contribution in [2.24, 2.45) is 0 Å². The number of nitrogens with zero attached hydrogens (tertiary/aromatic N) is 4. The maximum absolute atomic E-state index is 12.6. The summed E-state index contributed by atoms with van der Waals surface area (Å²) in [6, 6.07) is 8.06. The molecule has 0 aliphatic carbocycles. The van der Waals surface area contributed by atoms with Gasteiger partial charge in [0.1, 0.15) is 6.29 Å². The molecular weight excluding hydrogens is 316 g/mol. The quantitative estimate of drug-likeness (QED) is 0.723. The highest BCUT2D eigenvalue weighted by molar-refractivity contribution is 5.94. The molecule has 1 aromatic rings. The van der Waals surface area contributed by atoms with Crippen LogP contribution in [-0.4, -0.2) is 97.7 Å². The van der Waals surface area contributed by atoms with Gasteiger partial charge in [-0.2, -0.15) is 0 Å². The average Bonchev–Trinajstić information content (AvgIpc) is 2.65. The Bertz CT molecular complexity index is 574. The van der Waals surface area contributed by atoms with Crippen molar-refractivity contribution < 1.29 is 9.59 Å². The summed E-state index contributed by atoms with van der Waals surface area (Å²) in [6.07, 6.45) is 0.927. The number of amides is 1. The van der Waals surface area contributed by atoms with Gasteiger partial charge in [0.15, 0.2) is 0 Å². The zero-order valence-corrected chi connectivity index (χ0v) is 15.1. The van der Waals surface area contributed by atoms with Gasteiger partial charge >= 0.3 is 0 Å². The first-order chi connectivity index (χ1) is 12.2. The van der Waals surface area contributed by atoms with E-state index in [2.05, 4.69) is 33.9 Å². The van der Waals surface area contributed by atoms with E-state index in [1.54, 1.807) is 0 Å². The van der Waals surface area contributed by atoms with Gasteiger partial charge in [-0.05, 0) is 24.7 Å². The van der Waals surface area contributed by atoms with Crippen LogP contribution < -0.4 is 0 Å². The normalized spacial score (nSPS) is 20.6. The molecule has 6 nitrogen and oxygen atoms in total. The lowest BCUT2D eigenvalue weighted by Crippen LogP contribution is -2.49. The first-order valence-electron chi connectivity index (χ1n) is 9.11. The predicted molar refractivity (Wildman–Crippen MR) is 97.6 cm³/mol. The van der Waals surface area contributed by atoms with Gasteiger partial charge in [-0.15, -0.1) is 0 Å². The topological polar surface area (TPSA) is 47.1 Å². The number of rotatable bonds is 5. The largest absolute Gasteiger partial charge is 0.336 e. The van der Waals surface area contributed by atoms with Crippen LogP contribution in [0, 0.1) is 0 Å². The molecule has 25 heavy (non-hydrogen) atoms. The van der Waals surface area contributed by atoms with E-state index in [9.17, 15) is 9.59 Å². The Kier molecular flexibility index (Phi) is 6.18. The fraction of sp³-hybridized carbons (Fsp3) is 0.579. The van der Waals surface area contributed by atoms with Crippen molar-refractivity contribution in [3.63, 3.8) is 0 Å². The van der Waals surface area contributed by atoms with Crippen molar-refractivity contribution >= 4 is 12.2 Å². The Morgan fingerprint density at radius 3 is 2.12 bits per heavy atom. The van der Waals surface area contributed by atoms with E-state index >= 15 is 0 Å². The minimum atomic E-state index is 0.0944. The highest BCUT2D eigenvalue weighted by atomic mass is 16.2. The van der Waals surface area contributed by atoms with E-state index in [1.807, 2.05) is 17.0 Å². The van der Waals surface area contributed by atoms with E-state index in [0.717, 1.165) is 57.7 Å². The minimum absolute atomic E-state index is 0.0944. The van der Waals surface area contributed by atoms with Crippen molar-refractivity contribution in [2.75, 3.05) is 66.0 Å². The second kappa shape index (κ2) is 8.56. The Hall–Kier alpha value is -1.76. The maximum atomic E-state index is 12.6. The number of hydrogen-bond acceptors (Lipinski definition) is 5. The van der Waals surface area contributed by atoms with Gasteiger partial charge in [0, 0.05) is 64.5 Å². The molecule has 2 heterocycles. The lowest BCUT2D eigenvalue weighted by molar-refractivity contribution is -0.109. The van der Waals surface area contributed by atoms with Gasteiger partial charge in [0.2, 0.25) is 0 Å². The SMILES string of the molecule is CN1CCN(Cc2ccc(C(=O)N3CCN(CC=O)CC3)cc2)CC1. The highest BCUT2D eigenvalue weighted by Crippen LogP contribution is 2.13. The second-order valence-corrected chi connectivity index (χ2v) is 7.04. The number of benzene rings is 1. The summed E-state index contributed by atoms with van der Waals surface area (Å²) in [5.74, 6) is 0.0944. The van der Waals surface area contributed by atoms with Crippen LogP contribution in [0.15, 0.2) is 24.3 Å². The summed E-state index contributed by atoms with van der Waals surface area (Å²) < 4.78 is 0. The summed E-state index contributed by atoms with van der Waals surface area (Å²) in [5, 5.41) is 0. The average molecular weight is 344 g/mol. The molecule has 0 saturated carbocycles. The number of carbonyl (C=O) groups excluding carboxylic acids is 2. The Morgan fingerprint density at radius 2 is 1.52 bits per heavy atom. The van der Waals surface area contributed by atoms with Crippen LogP contribution in [0.3, 0.4) is 0 Å². The molecule has 0 bridgehead atoms. The number of carbonyl (C=O) groups is 2. The first-order valence-corrected chi connectivity index (χ1v) is 9.11. The Morgan fingerprint density at radius 1 is 0.920 bits per heavy atom. The minimum Gasteiger partial charge on any atom is -0.336 e. The van der Waals surface area contributed by atoms with Gasteiger partial charge in [-0.25, -0.2) is 0 Å². The fourth-order valence-electron chi connectivity index (χ4n) is 3.44. The van der Waals surface area contributed by atoms with Crippen LogP contribution in [0.2, 0.25) is 0 Å². The zero-order valence-electron chi connectivity index (χ0n) is 15.1. The molecule has 2 fully saturated rings. The molecule has 0 atom stereocenters. The predicted octanol–water partition coefficient (Wildman–Crippen LogP) is 0.391. The number of aldehydes is 1. The maximum Gasteiger partial charge on any atom is 0.253 e. The first kappa shape index (κ1) is 18.0. The molecule has 1 aromatic carbocycles. The third-order valence-electron chi connectivity index (χ3n) is 5.20. The molecule has 2 saturated heterocycles. The van der Waals surface area contributed by atoms with Gasteiger partial charge in [-0.3, -0.25) is 14.6 Å². The zero-order chi connectivity index (χ0) is 17.6. The highest BCUT2D eigenvalue weighted by Gasteiger charge is 2.22. The molecule has 6 heteroatoms. The second-order valence-electron chi connectivity index (χ2n) is 7.04. The van der Waals surface area contributed by atoms with Crippen LogP contribution >= 0.6 is 0 Å².